The van der Waals surface area contributed by atoms with Crippen LogP contribution in [-0.2, 0) is 6.42 Å². The number of nitrogens with one attached hydrogen (secondary N) is 2. The smallest absolute Gasteiger partial charge is 0.260 e. The minimum Gasteiger partial charge on any atom is -0.497 e. The lowest BCUT2D eigenvalue weighted by Gasteiger charge is -2.05. The van der Waals surface area contributed by atoms with E-state index in [1.54, 1.807) is 30.3 Å². The number of methoxy groups -OCH3 is 1. The van der Waals surface area contributed by atoms with Gasteiger partial charge in [-0.05, 0) is 30.3 Å². The summed E-state index contributed by atoms with van der Waals surface area (Å²) in [5, 5.41) is 14.1. The minimum atomic E-state index is -0.606. The highest BCUT2D eigenvalue weighted by atomic mass is 32.1. The van der Waals surface area contributed by atoms with E-state index in [0.717, 1.165) is 0 Å². The molecule has 0 unspecified atom stereocenters. The lowest BCUT2D eigenvalue weighted by atomic mass is 10.2. The molecule has 0 fully saturated rings. The summed E-state index contributed by atoms with van der Waals surface area (Å²) in [7, 11) is 1.54. The third kappa shape index (κ3) is 4.89. The second-order valence-electron chi connectivity index (χ2n) is 5.67. The molecule has 9 heteroatoms. The van der Waals surface area contributed by atoms with Gasteiger partial charge in [-0.1, -0.05) is 29.5 Å². The van der Waals surface area contributed by atoms with Gasteiger partial charge in [-0.3, -0.25) is 14.9 Å². The number of benzene rings is 2. The fourth-order valence-electron chi connectivity index (χ4n) is 2.36. The molecule has 0 aliphatic heterocycles. The van der Waals surface area contributed by atoms with E-state index in [2.05, 4.69) is 20.8 Å². The first-order valence-corrected chi connectivity index (χ1v) is 9.19. The highest BCUT2D eigenvalue weighted by molar-refractivity contribution is 7.15. The fourth-order valence-corrected chi connectivity index (χ4v) is 3.10. The topological polar surface area (TPSA) is 93.2 Å². The van der Waals surface area contributed by atoms with Crippen molar-refractivity contribution in [2.45, 2.75) is 6.42 Å². The van der Waals surface area contributed by atoms with Crippen molar-refractivity contribution < 1.29 is 18.7 Å². The van der Waals surface area contributed by atoms with Crippen LogP contribution in [0.25, 0.3) is 0 Å². The van der Waals surface area contributed by atoms with Gasteiger partial charge in [-0.15, -0.1) is 10.2 Å². The summed E-state index contributed by atoms with van der Waals surface area (Å²) in [4.78, 5) is 24.2. The fraction of sp³-hybridized carbons (Fsp3) is 0.158. The number of carbonyl (C=O) groups is 2. The van der Waals surface area contributed by atoms with E-state index in [9.17, 15) is 14.0 Å². The van der Waals surface area contributed by atoms with Crippen molar-refractivity contribution in [3.63, 3.8) is 0 Å². The van der Waals surface area contributed by atoms with Gasteiger partial charge in [0.1, 0.15) is 16.6 Å². The summed E-state index contributed by atoms with van der Waals surface area (Å²) in [5.74, 6) is -0.819. The number of ether oxygens (including phenoxy) is 1. The lowest BCUT2D eigenvalue weighted by molar-refractivity contribution is 0.0952. The van der Waals surface area contributed by atoms with Crippen LogP contribution < -0.4 is 15.4 Å². The van der Waals surface area contributed by atoms with Crippen molar-refractivity contribution in [1.29, 1.82) is 0 Å². The third-order valence-electron chi connectivity index (χ3n) is 3.76. The summed E-state index contributed by atoms with van der Waals surface area (Å²) >= 11 is 1.17. The minimum absolute atomic E-state index is 0.0650. The second-order valence-corrected chi connectivity index (χ2v) is 6.73. The molecule has 0 radical (unpaired) electrons. The molecule has 2 N–H and O–H groups in total. The Morgan fingerprint density at radius 3 is 2.71 bits per heavy atom. The molecule has 2 aromatic carbocycles. The van der Waals surface area contributed by atoms with Crippen molar-refractivity contribution in [2.24, 2.45) is 0 Å². The van der Waals surface area contributed by atoms with Gasteiger partial charge in [0.2, 0.25) is 5.13 Å². The molecule has 1 aromatic heterocycles. The number of carbonyl (C=O) groups excluding carboxylic acids is 2. The van der Waals surface area contributed by atoms with Crippen LogP contribution in [0.3, 0.4) is 0 Å². The van der Waals surface area contributed by atoms with Gasteiger partial charge in [0, 0.05) is 18.5 Å². The molecule has 0 saturated carbocycles. The second kappa shape index (κ2) is 9.05. The highest BCUT2D eigenvalue weighted by Gasteiger charge is 2.14. The molecular weight excluding hydrogens is 383 g/mol. The van der Waals surface area contributed by atoms with Crippen LogP contribution in [0.5, 0.6) is 5.75 Å². The Kier molecular flexibility index (Phi) is 6.28. The van der Waals surface area contributed by atoms with Crippen molar-refractivity contribution in [3.8, 4) is 5.75 Å². The Balaban J connectivity index is 1.51. The van der Waals surface area contributed by atoms with Crippen LogP contribution in [0, 0.1) is 5.82 Å². The van der Waals surface area contributed by atoms with E-state index in [-0.39, 0.29) is 16.6 Å². The van der Waals surface area contributed by atoms with Crippen molar-refractivity contribution >= 4 is 28.3 Å². The quantitative estimate of drug-likeness (QED) is 0.636. The van der Waals surface area contributed by atoms with Gasteiger partial charge in [0.25, 0.3) is 11.8 Å². The van der Waals surface area contributed by atoms with Crippen molar-refractivity contribution in [1.82, 2.24) is 15.5 Å². The van der Waals surface area contributed by atoms with Gasteiger partial charge < -0.3 is 10.1 Å². The largest absolute Gasteiger partial charge is 0.497 e. The molecule has 3 aromatic rings. The van der Waals surface area contributed by atoms with Gasteiger partial charge in [-0.25, -0.2) is 4.39 Å². The lowest BCUT2D eigenvalue weighted by Crippen LogP contribution is -2.25. The third-order valence-corrected chi connectivity index (χ3v) is 4.66. The Labute approximate surface area is 164 Å². The number of anilines is 1. The Morgan fingerprint density at radius 2 is 1.93 bits per heavy atom. The van der Waals surface area contributed by atoms with Crippen LogP contribution in [0.15, 0.2) is 48.5 Å². The van der Waals surface area contributed by atoms with Crippen LogP contribution in [-0.4, -0.2) is 35.7 Å². The molecule has 3 rings (SSSR count). The normalized spacial score (nSPS) is 10.4. The molecule has 1 heterocycles. The molecule has 0 saturated heterocycles. The van der Waals surface area contributed by atoms with Gasteiger partial charge in [0.05, 0.1) is 12.7 Å². The molecule has 0 bridgehead atoms. The number of rotatable bonds is 7. The average Bonchev–Trinajstić information content (AvgIpc) is 3.15. The number of hydrogen-bond acceptors (Lipinski definition) is 6. The highest BCUT2D eigenvalue weighted by Crippen LogP contribution is 2.17. The van der Waals surface area contributed by atoms with E-state index in [4.69, 9.17) is 4.74 Å². The zero-order valence-electron chi connectivity index (χ0n) is 14.9. The predicted octanol–water partition coefficient (Wildman–Crippen LogP) is 2.91. The SMILES string of the molecule is COc1cccc(C(=O)NCCc2nnc(NC(=O)c3ccccc3F)s2)c1. The molecular formula is C19H17FN4O3S. The Hall–Kier alpha value is -3.33. The van der Waals surface area contributed by atoms with Crippen molar-refractivity contribution in [3.05, 3.63) is 70.5 Å². The maximum atomic E-state index is 13.6. The number of halogens is 1. The van der Waals surface area contributed by atoms with E-state index in [0.29, 0.717) is 29.3 Å². The maximum Gasteiger partial charge on any atom is 0.260 e. The number of amides is 2. The summed E-state index contributed by atoms with van der Waals surface area (Å²) in [6, 6.07) is 12.5. The number of nitrogens with zero attached hydrogens (tertiary/aromatic N) is 2. The summed E-state index contributed by atoms with van der Waals surface area (Å²) in [6.07, 6.45) is 0.447. The van der Waals surface area contributed by atoms with Gasteiger partial charge in [-0.2, -0.15) is 0 Å². The first-order valence-electron chi connectivity index (χ1n) is 8.37. The first kappa shape index (κ1) is 19.4. The molecule has 0 aliphatic carbocycles. The van der Waals surface area contributed by atoms with Gasteiger partial charge in [0.15, 0.2) is 0 Å². The van der Waals surface area contributed by atoms with Crippen LogP contribution in [0.4, 0.5) is 9.52 Å². The summed E-state index contributed by atoms with van der Waals surface area (Å²) in [6.45, 7) is 0.353. The molecule has 28 heavy (non-hydrogen) atoms. The zero-order chi connectivity index (χ0) is 19.9. The first-order chi connectivity index (χ1) is 13.6. The van der Waals surface area contributed by atoms with Crippen LogP contribution in [0.1, 0.15) is 25.7 Å². The molecule has 0 atom stereocenters. The Morgan fingerprint density at radius 1 is 1.11 bits per heavy atom. The molecule has 2 amide bonds. The van der Waals surface area contributed by atoms with E-state index >= 15 is 0 Å². The zero-order valence-corrected chi connectivity index (χ0v) is 15.8. The van der Waals surface area contributed by atoms with Crippen LogP contribution in [0.2, 0.25) is 0 Å². The number of hydrogen-bond donors (Lipinski definition) is 2. The van der Waals surface area contributed by atoms with Crippen LogP contribution >= 0.6 is 11.3 Å². The maximum absolute atomic E-state index is 13.6. The van der Waals surface area contributed by atoms with Crippen molar-refractivity contribution in [2.75, 3.05) is 19.0 Å². The predicted molar refractivity (Wildman–Crippen MR) is 103 cm³/mol. The molecule has 144 valence electrons. The molecule has 0 spiro atoms. The van der Waals surface area contributed by atoms with E-state index in [1.807, 2.05) is 0 Å². The number of aromatic nitrogens is 2. The monoisotopic (exact) mass is 400 g/mol. The average molecular weight is 400 g/mol. The summed E-state index contributed by atoms with van der Waals surface area (Å²) in [5.41, 5.74) is 0.430. The van der Waals surface area contributed by atoms with Gasteiger partial charge >= 0.3 is 0 Å². The molecule has 7 nitrogen and oxygen atoms in total. The Bertz CT molecular complexity index is 993. The molecule has 0 aliphatic rings. The van der Waals surface area contributed by atoms with E-state index in [1.165, 1.54) is 36.6 Å². The summed E-state index contributed by atoms with van der Waals surface area (Å²) < 4.78 is 18.7. The standard InChI is InChI=1S/C19H17FN4O3S/c1-27-13-6-4-5-12(11-13)17(25)21-10-9-16-23-24-19(28-16)22-18(26)14-7-2-3-8-15(14)20/h2-8,11H,9-10H2,1H3,(H,21,25)(H,22,24,26). The van der Waals surface area contributed by atoms with E-state index < -0.39 is 11.7 Å².